The Hall–Kier alpha value is -1.20. The van der Waals surface area contributed by atoms with Gasteiger partial charge in [-0.25, -0.2) is 4.79 Å². The number of carbonyl (C=O) groups is 2. The van der Waals surface area contributed by atoms with E-state index < -0.39 is 5.97 Å². The monoisotopic (exact) mass is 383 g/mol. The smallest absolute Gasteiger partial charge is 0.335 e. The lowest BCUT2D eigenvalue weighted by atomic mass is 10.3. The first-order valence-corrected chi connectivity index (χ1v) is 7.37. The fraction of sp³-hybridized carbons (Fsp3) is 0.143. The summed E-state index contributed by atoms with van der Waals surface area (Å²) in [6.45, 7) is 9.04. The van der Waals surface area contributed by atoms with Gasteiger partial charge in [0.25, 0.3) is 0 Å². The van der Waals surface area contributed by atoms with Gasteiger partial charge in [0, 0.05) is 18.7 Å². The number of ether oxygens (including phenoxy) is 1. The number of esters is 1. The van der Waals surface area contributed by atoms with Gasteiger partial charge in [-0.3, -0.25) is 4.79 Å². The number of nitrogens with one attached hydrogen (secondary N) is 1. The van der Waals surface area contributed by atoms with E-state index in [1.54, 1.807) is 0 Å². The van der Waals surface area contributed by atoms with Crippen LogP contribution >= 0.6 is 46.4 Å². The van der Waals surface area contributed by atoms with Crippen molar-refractivity contribution in [1.82, 2.24) is 5.32 Å². The van der Waals surface area contributed by atoms with Gasteiger partial charge in [-0.1, -0.05) is 59.6 Å². The minimum absolute atomic E-state index is 0.0290. The van der Waals surface area contributed by atoms with Crippen molar-refractivity contribution >= 4 is 58.3 Å². The molecule has 8 heteroatoms. The molecule has 120 valence electrons. The molecule has 0 aliphatic heterocycles. The van der Waals surface area contributed by atoms with E-state index >= 15 is 0 Å². The Bertz CT molecular complexity index is 588. The zero-order valence-corrected chi connectivity index (χ0v) is 14.6. The Labute approximate surface area is 148 Å². The summed E-state index contributed by atoms with van der Waals surface area (Å²) in [6, 6.07) is 1.31. The third-order valence-electron chi connectivity index (χ3n) is 1.98. The number of carbonyl (C=O) groups excluding carboxylic acids is 2. The summed E-state index contributed by atoms with van der Waals surface area (Å²) in [7, 11) is 0. The predicted octanol–water partition coefficient (Wildman–Crippen LogP) is 4.70. The quantitative estimate of drug-likeness (QED) is 0.269. The van der Waals surface area contributed by atoms with Crippen molar-refractivity contribution in [2.45, 2.75) is 6.92 Å². The summed E-state index contributed by atoms with van der Waals surface area (Å²) in [6.07, 6.45) is 2.25. The molecule has 1 aromatic carbocycles. The maximum atomic E-state index is 10.9. The Morgan fingerprint density at radius 3 is 2.14 bits per heavy atom. The van der Waals surface area contributed by atoms with Crippen LogP contribution in [0.5, 0.6) is 5.75 Å². The predicted molar refractivity (Wildman–Crippen MR) is 91.2 cm³/mol. The number of halogens is 4. The highest BCUT2D eigenvalue weighted by molar-refractivity contribution is 6.52. The molecular formula is C14H13Cl4NO3. The summed E-state index contributed by atoms with van der Waals surface area (Å²) < 4.78 is 4.79. The SMILES string of the molecule is C=CC(=O)NCC.C=CC(=O)Oc1cc(Cl)c(Cl)c(Cl)c1Cl. The van der Waals surface area contributed by atoms with Gasteiger partial charge >= 0.3 is 5.97 Å². The summed E-state index contributed by atoms with van der Waals surface area (Å²) in [5, 5.41) is 2.87. The first-order chi connectivity index (χ1) is 10.3. The third-order valence-corrected chi connectivity index (χ3v) is 3.72. The van der Waals surface area contributed by atoms with Crippen LogP contribution in [-0.2, 0) is 9.59 Å². The van der Waals surface area contributed by atoms with Crippen LogP contribution < -0.4 is 10.1 Å². The minimum Gasteiger partial charge on any atom is -0.422 e. The number of amides is 1. The van der Waals surface area contributed by atoms with Crippen LogP contribution in [0, 0.1) is 0 Å². The Morgan fingerprint density at radius 1 is 1.14 bits per heavy atom. The fourth-order valence-electron chi connectivity index (χ4n) is 1.02. The second-order valence-electron chi connectivity index (χ2n) is 3.52. The summed E-state index contributed by atoms with van der Waals surface area (Å²) >= 11 is 23.0. The molecule has 1 amide bonds. The van der Waals surface area contributed by atoms with Gasteiger partial charge in [0.05, 0.1) is 15.1 Å². The maximum absolute atomic E-state index is 10.9. The third kappa shape index (κ3) is 6.71. The number of benzene rings is 1. The number of hydrogen-bond donors (Lipinski definition) is 1. The Balaban J connectivity index is 0.000000534. The van der Waals surface area contributed by atoms with E-state index in [-0.39, 0.29) is 31.7 Å². The number of likely N-dealkylation sites (N-methyl/N-ethyl adjacent to an activating group) is 1. The zero-order valence-electron chi connectivity index (χ0n) is 11.6. The van der Waals surface area contributed by atoms with Crippen molar-refractivity contribution in [1.29, 1.82) is 0 Å². The molecule has 0 aliphatic rings. The second-order valence-corrected chi connectivity index (χ2v) is 5.06. The van der Waals surface area contributed by atoms with Crippen LogP contribution in [0.1, 0.15) is 6.92 Å². The molecular weight excluding hydrogens is 372 g/mol. The van der Waals surface area contributed by atoms with Crippen molar-refractivity contribution in [3.63, 3.8) is 0 Å². The van der Waals surface area contributed by atoms with Crippen molar-refractivity contribution in [2.24, 2.45) is 0 Å². The molecule has 1 aromatic rings. The minimum atomic E-state index is -0.661. The van der Waals surface area contributed by atoms with Crippen molar-refractivity contribution in [2.75, 3.05) is 6.54 Å². The van der Waals surface area contributed by atoms with Crippen LogP contribution in [-0.4, -0.2) is 18.4 Å². The van der Waals surface area contributed by atoms with Gasteiger partial charge < -0.3 is 10.1 Å². The molecule has 0 spiro atoms. The van der Waals surface area contributed by atoms with Crippen molar-refractivity contribution in [3.05, 3.63) is 51.5 Å². The maximum Gasteiger partial charge on any atom is 0.335 e. The second kappa shape index (κ2) is 10.5. The topological polar surface area (TPSA) is 55.4 Å². The van der Waals surface area contributed by atoms with E-state index in [1.165, 1.54) is 12.1 Å². The Kier molecular flexibility index (Phi) is 9.94. The number of rotatable bonds is 4. The zero-order chi connectivity index (χ0) is 17.3. The summed E-state index contributed by atoms with van der Waals surface area (Å²) in [5.41, 5.74) is 0. The molecule has 0 saturated carbocycles. The largest absolute Gasteiger partial charge is 0.422 e. The fourth-order valence-corrected chi connectivity index (χ4v) is 1.84. The van der Waals surface area contributed by atoms with Crippen molar-refractivity contribution in [3.8, 4) is 5.75 Å². The summed E-state index contributed by atoms with van der Waals surface area (Å²) in [5.74, 6) is -0.727. The average Bonchev–Trinajstić information content (AvgIpc) is 2.51. The standard InChI is InChI=1S/C9H4Cl4O2.C5H9NO/c1-2-6(14)15-5-3-4(10)7(11)9(13)8(5)12;1-3-5(7)6-4-2/h2-3H,1H2;3H,1,4H2,2H3,(H,6,7). The van der Waals surface area contributed by atoms with Crippen LogP contribution in [0.15, 0.2) is 31.4 Å². The molecule has 1 N–H and O–H groups in total. The molecule has 1 rings (SSSR count). The van der Waals surface area contributed by atoms with Gasteiger partial charge in [-0.2, -0.15) is 0 Å². The highest BCUT2D eigenvalue weighted by atomic mass is 35.5. The lowest BCUT2D eigenvalue weighted by Crippen LogP contribution is -2.19. The van der Waals surface area contributed by atoms with Gasteiger partial charge in [0.15, 0.2) is 5.75 Å². The summed E-state index contributed by atoms with van der Waals surface area (Å²) in [4.78, 5) is 21.1. The van der Waals surface area contributed by atoms with E-state index in [0.29, 0.717) is 6.54 Å². The molecule has 0 unspecified atom stereocenters. The molecule has 22 heavy (non-hydrogen) atoms. The van der Waals surface area contributed by atoms with E-state index in [9.17, 15) is 9.59 Å². The first-order valence-electron chi connectivity index (χ1n) is 5.85. The van der Waals surface area contributed by atoms with E-state index in [0.717, 1.165) is 6.08 Å². The first kappa shape index (κ1) is 20.8. The highest BCUT2D eigenvalue weighted by Gasteiger charge is 2.15. The van der Waals surface area contributed by atoms with Crippen LogP contribution in [0.3, 0.4) is 0 Å². The highest BCUT2D eigenvalue weighted by Crippen LogP contribution is 2.41. The van der Waals surface area contributed by atoms with Crippen molar-refractivity contribution < 1.29 is 14.3 Å². The molecule has 0 heterocycles. The van der Waals surface area contributed by atoms with Gasteiger partial charge in [-0.15, -0.1) is 0 Å². The molecule has 0 aromatic heterocycles. The van der Waals surface area contributed by atoms with E-state index in [1.807, 2.05) is 6.92 Å². The lowest BCUT2D eigenvalue weighted by Gasteiger charge is -2.07. The molecule has 0 bridgehead atoms. The van der Waals surface area contributed by atoms with Crippen LogP contribution in [0.2, 0.25) is 20.1 Å². The van der Waals surface area contributed by atoms with E-state index in [4.69, 9.17) is 51.1 Å². The van der Waals surface area contributed by atoms with Crippen LogP contribution in [0.4, 0.5) is 0 Å². The van der Waals surface area contributed by atoms with E-state index in [2.05, 4.69) is 18.5 Å². The Morgan fingerprint density at radius 2 is 1.73 bits per heavy atom. The molecule has 0 saturated heterocycles. The number of hydrogen-bond acceptors (Lipinski definition) is 3. The van der Waals surface area contributed by atoms with Gasteiger partial charge in [-0.05, 0) is 13.0 Å². The van der Waals surface area contributed by atoms with Crippen LogP contribution in [0.25, 0.3) is 0 Å². The molecule has 0 atom stereocenters. The molecule has 0 fully saturated rings. The van der Waals surface area contributed by atoms with Gasteiger partial charge in [0.1, 0.15) is 5.02 Å². The molecule has 4 nitrogen and oxygen atoms in total. The normalized spacial score (nSPS) is 9.14. The van der Waals surface area contributed by atoms with Gasteiger partial charge in [0.2, 0.25) is 5.91 Å². The molecule has 0 radical (unpaired) electrons. The average molecular weight is 385 g/mol. The molecule has 0 aliphatic carbocycles. The lowest BCUT2D eigenvalue weighted by molar-refractivity contribution is -0.129.